The van der Waals surface area contributed by atoms with Crippen LogP contribution in [0.15, 0.2) is 36.4 Å². The van der Waals surface area contributed by atoms with E-state index in [1.807, 2.05) is 0 Å². The maximum atomic E-state index is 13.8. The van der Waals surface area contributed by atoms with E-state index in [9.17, 15) is 13.9 Å². The van der Waals surface area contributed by atoms with Crippen molar-refractivity contribution in [2.24, 2.45) is 0 Å². The summed E-state index contributed by atoms with van der Waals surface area (Å²) in [5, 5.41) is 10.2. The monoisotopic (exact) mass is 264 g/mol. The first kappa shape index (κ1) is 13.5. The number of aliphatic hydroxyl groups is 1. The maximum Gasteiger partial charge on any atom is 0.129 e. The van der Waals surface area contributed by atoms with E-state index in [0.717, 1.165) is 11.6 Å². The molecule has 2 aromatic rings. The van der Waals surface area contributed by atoms with Crippen molar-refractivity contribution in [2.45, 2.75) is 13.0 Å². The van der Waals surface area contributed by atoms with E-state index in [0.29, 0.717) is 5.75 Å². The Morgan fingerprint density at radius 2 is 1.79 bits per heavy atom. The van der Waals surface area contributed by atoms with Gasteiger partial charge < -0.3 is 9.84 Å². The van der Waals surface area contributed by atoms with Crippen LogP contribution in [-0.4, -0.2) is 12.2 Å². The summed E-state index contributed by atoms with van der Waals surface area (Å²) in [5.41, 5.74) is 1.04. The summed E-state index contributed by atoms with van der Waals surface area (Å²) in [6.45, 7) is 1.75. The molecule has 0 bridgehead atoms. The second kappa shape index (κ2) is 5.36. The first-order valence-corrected chi connectivity index (χ1v) is 5.80. The van der Waals surface area contributed by atoms with Gasteiger partial charge >= 0.3 is 0 Å². The molecule has 100 valence electrons. The lowest BCUT2D eigenvalue weighted by Crippen LogP contribution is -2.05. The van der Waals surface area contributed by atoms with Crippen molar-refractivity contribution >= 4 is 0 Å². The van der Waals surface area contributed by atoms with Crippen molar-refractivity contribution in [1.29, 1.82) is 0 Å². The van der Waals surface area contributed by atoms with Crippen molar-refractivity contribution in [3.8, 4) is 5.75 Å². The predicted octanol–water partition coefficient (Wildman–Crippen LogP) is 3.36. The van der Waals surface area contributed by atoms with E-state index in [4.69, 9.17) is 4.74 Å². The van der Waals surface area contributed by atoms with Crippen molar-refractivity contribution in [1.82, 2.24) is 0 Å². The van der Waals surface area contributed by atoms with Gasteiger partial charge in [-0.05, 0) is 36.8 Å². The van der Waals surface area contributed by atoms with Crippen molar-refractivity contribution < 1.29 is 18.6 Å². The average molecular weight is 264 g/mol. The lowest BCUT2D eigenvalue weighted by Gasteiger charge is -2.16. The highest BCUT2D eigenvalue weighted by molar-refractivity contribution is 5.41. The van der Waals surface area contributed by atoms with E-state index in [2.05, 4.69) is 0 Å². The molecule has 0 spiro atoms. The lowest BCUT2D eigenvalue weighted by atomic mass is 9.99. The zero-order valence-corrected chi connectivity index (χ0v) is 10.7. The Bertz CT molecular complexity index is 597. The third-order valence-electron chi connectivity index (χ3n) is 2.94. The molecule has 0 heterocycles. The molecule has 0 fully saturated rings. The molecule has 0 radical (unpaired) electrons. The molecule has 0 aliphatic rings. The number of hydrogen-bond donors (Lipinski definition) is 1. The Balaban J connectivity index is 2.49. The fourth-order valence-corrected chi connectivity index (χ4v) is 1.94. The summed E-state index contributed by atoms with van der Waals surface area (Å²) in [6.07, 6.45) is -1.27. The minimum absolute atomic E-state index is 0.0921. The number of hydrogen-bond acceptors (Lipinski definition) is 2. The highest BCUT2D eigenvalue weighted by Gasteiger charge is 2.19. The highest BCUT2D eigenvalue weighted by atomic mass is 19.1. The van der Waals surface area contributed by atoms with Gasteiger partial charge in [-0.25, -0.2) is 8.78 Å². The normalized spacial score (nSPS) is 12.3. The largest absolute Gasteiger partial charge is 0.496 e. The van der Waals surface area contributed by atoms with Crippen LogP contribution in [0.3, 0.4) is 0 Å². The molecule has 0 aliphatic carbocycles. The van der Waals surface area contributed by atoms with Gasteiger partial charge in [-0.2, -0.15) is 0 Å². The van der Waals surface area contributed by atoms with Gasteiger partial charge in [0.2, 0.25) is 0 Å². The van der Waals surface area contributed by atoms with Gasteiger partial charge in [0.05, 0.1) is 7.11 Å². The van der Waals surface area contributed by atoms with Gasteiger partial charge in [0.25, 0.3) is 0 Å². The molecule has 2 aromatic carbocycles. The number of aryl methyl sites for hydroxylation is 1. The molecule has 1 atom stereocenters. The van der Waals surface area contributed by atoms with Gasteiger partial charge in [-0.15, -0.1) is 0 Å². The van der Waals surface area contributed by atoms with Crippen LogP contribution in [0.2, 0.25) is 0 Å². The summed E-state index contributed by atoms with van der Waals surface area (Å²) in [6, 6.07) is 8.26. The smallest absolute Gasteiger partial charge is 0.129 e. The molecule has 0 aliphatic heterocycles. The molecule has 4 heteroatoms. The lowest BCUT2D eigenvalue weighted by molar-refractivity contribution is 0.209. The van der Waals surface area contributed by atoms with Crippen molar-refractivity contribution in [2.75, 3.05) is 7.11 Å². The standard InChI is InChI=1S/C15H14F2O2/c1-9-3-5-11(13(17)7-9)15(18)12-8-10(16)4-6-14(12)19-2/h3-8,15,18H,1-2H3. The topological polar surface area (TPSA) is 29.5 Å². The third kappa shape index (κ3) is 2.74. The molecule has 19 heavy (non-hydrogen) atoms. The Morgan fingerprint density at radius 3 is 2.42 bits per heavy atom. The number of methoxy groups -OCH3 is 1. The fraction of sp³-hybridized carbons (Fsp3) is 0.200. The Morgan fingerprint density at radius 1 is 1.05 bits per heavy atom. The third-order valence-corrected chi connectivity index (χ3v) is 2.94. The molecule has 0 aromatic heterocycles. The van der Waals surface area contributed by atoms with E-state index >= 15 is 0 Å². The van der Waals surface area contributed by atoms with E-state index in [-0.39, 0.29) is 11.1 Å². The highest BCUT2D eigenvalue weighted by Crippen LogP contribution is 2.32. The molecular weight excluding hydrogens is 250 g/mol. The van der Waals surface area contributed by atoms with Crippen molar-refractivity contribution in [3.63, 3.8) is 0 Å². The number of ether oxygens (including phenoxy) is 1. The molecule has 0 saturated heterocycles. The van der Waals surface area contributed by atoms with Crippen LogP contribution in [0.4, 0.5) is 8.78 Å². The second-order valence-corrected chi connectivity index (χ2v) is 4.31. The molecule has 0 amide bonds. The molecule has 0 saturated carbocycles. The molecule has 2 nitrogen and oxygen atoms in total. The zero-order chi connectivity index (χ0) is 14.0. The first-order chi connectivity index (χ1) is 9.02. The first-order valence-electron chi connectivity index (χ1n) is 5.80. The zero-order valence-electron chi connectivity index (χ0n) is 10.7. The van der Waals surface area contributed by atoms with Crippen LogP contribution in [0.5, 0.6) is 5.75 Å². The fourth-order valence-electron chi connectivity index (χ4n) is 1.94. The van der Waals surface area contributed by atoms with Crippen LogP contribution < -0.4 is 4.74 Å². The van der Waals surface area contributed by atoms with Gasteiger partial charge in [-0.1, -0.05) is 12.1 Å². The summed E-state index contributed by atoms with van der Waals surface area (Å²) in [7, 11) is 1.41. The predicted molar refractivity (Wildman–Crippen MR) is 68.2 cm³/mol. The summed E-state index contributed by atoms with van der Waals surface area (Å²) < 4.78 is 32.1. The molecule has 1 N–H and O–H groups in total. The van der Waals surface area contributed by atoms with E-state index in [1.165, 1.54) is 31.4 Å². The Labute approximate surface area is 110 Å². The van der Waals surface area contributed by atoms with Crippen molar-refractivity contribution in [3.05, 3.63) is 64.7 Å². The van der Waals surface area contributed by atoms with E-state index in [1.54, 1.807) is 13.0 Å². The molecule has 2 rings (SSSR count). The average Bonchev–Trinajstić information content (AvgIpc) is 2.38. The van der Waals surface area contributed by atoms with Gasteiger partial charge in [0.1, 0.15) is 23.5 Å². The maximum absolute atomic E-state index is 13.8. The second-order valence-electron chi connectivity index (χ2n) is 4.31. The van der Waals surface area contributed by atoms with Gasteiger partial charge in [0, 0.05) is 11.1 Å². The van der Waals surface area contributed by atoms with Gasteiger partial charge in [-0.3, -0.25) is 0 Å². The quantitative estimate of drug-likeness (QED) is 0.921. The summed E-state index contributed by atoms with van der Waals surface area (Å²) >= 11 is 0. The summed E-state index contributed by atoms with van der Waals surface area (Å²) in [5.74, 6) is -0.727. The minimum Gasteiger partial charge on any atom is -0.496 e. The van der Waals surface area contributed by atoms with Crippen LogP contribution in [0.1, 0.15) is 22.8 Å². The Hall–Kier alpha value is -1.94. The van der Waals surface area contributed by atoms with Crippen LogP contribution in [-0.2, 0) is 0 Å². The minimum atomic E-state index is -1.27. The number of benzene rings is 2. The number of halogens is 2. The Kier molecular flexibility index (Phi) is 3.81. The van der Waals surface area contributed by atoms with Gasteiger partial charge in [0.15, 0.2) is 0 Å². The number of rotatable bonds is 3. The van der Waals surface area contributed by atoms with Crippen LogP contribution >= 0.6 is 0 Å². The molecular formula is C15H14F2O2. The number of aliphatic hydroxyl groups excluding tert-OH is 1. The molecule has 1 unspecified atom stereocenters. The summed E-state index contributed by atoms with van der Waals surface area (Å²) in [4.78, 5) is 0. The SMILES string of the molecule is COc1ccc(F)cc1C(O)c1ccc(C)cc1F. The van der Waals surface area contributed by atoms with Crippen LogP contribution in [0.25, 0.3) is 0 Å². The van der Waals surface area contributed by atoms with E-state index < -0.39 is 17.7 Å². The van der Waals surface area contributed by atoms with Crippen LogP contribution in [0, 0.1) is 18.6 Å².